The van der Waals surface area contributed by atoms with Crippen LogP contribution < -0.4 is 0 Å². The molecule has 3 aliphatic carbocycles. The van der Waals surface area contributed by atoms with Crippen LogP contribution in [0.5, 0.6) is 0 Å². The molecule has 0 saturated heterocycles. The third-order valence-corrected chi connectivity index (χ3v) is 8.96. The summed E-state index contributed by atoms with van der Waals surface area (Å²) < 4.78 is 0. The standard InChI is InChI=1S/C24H39N3O3S2/c28-21(16-17-31)26-23(32-22(25-26)18-10-4-1-5-11-18)24(29)30-27(19-12-6-2-7-13-19)20-14-8-3-9-15-20/h18-20,23,31H,1-17H2. The molecule has 180 valence electrons. The monoisotopic (exact) mass is 481 g/mol. The van der Waals surface area contributed by atoms with Gasteiger partial charge in [-0.1, -0.05) is 69.5 Å². The van der Waals surface area contributed by atoms with Crippen molar-refractivity contribution in [1.82, 2.24) is 10.1 Å². The predicted molar refractivity (Wildman–Crippen MR) is 132 cm³/mol. The molecule has 8 heteroatoms. The first-order valence-electron chi connectivity index (χ1n) is 12.9. The first kappa shape index (κ1) is 24.4. The quantitative estimate of drug-likeness (QED) is 0.383. The number of thiol groups is 1. The van der Waals surface area contributed by atoms with Gasteiger partial charge < -0.3 is 4.84 Å². The van der Waals surface area contributed by atoms with Gasteiger partial charge in [-0.05, 0) is 44.3 Å². The Kier molecular flexibility index (Phi) is 9.23. The molecule has 0 N–H and O–H groups in total. The van der Waals surface area contributed by atoms with Crippen molar-refractivity contribution in [3.8, 4) is 0 Å². The number of hydrogen-bond acceptors (Lipinski definition) is 7. The van der Waals surface area contributed by atoms with Gasteiger partial charge in [-0.2, -0.15) is 17.7 Å². The van der Waals surface area contributed by atoms with Crippen LogP contribution in [0.3, 0.4) is 0 Å². The second-order valence-corrected chi connectivity index (χ2v) is 11.4. The highest BCUT2D eigenvalue weighted by Gasteiger charge is 2.43. The van der Waals surface area contributed by atoms with Gasteiger partial charge in [-0.3, -0.25) is 4.79 Å². The maximum absolute atomic E-state index is 13.5. The van der Waals surface area contributed by atoms with E-state index in [1.165, 1.54) is 74.6 Å². The Balaban J connectivity index is 1.48. The summed E-state index contributed by atoms with van der Waals surface area (Å²) in [4.78, 5) is 32.5. The Morgan fingerprint density at radius 2 is 1.44 bits per heavy atom. The Bertz CT molecular complexity index is 653. The van der Waals surface area contributed by atoms with Gasteiger partial charge in [0.15, 0.2) is 0 Å². The minimum Gasteiger partial charge on any atom is -0.365 e. The van der Waals surface area contributed by atoms with Gasteiger partial charge in [0.25, 0.3) is 0 Å². The molecule has 4 rings (SSSR count). The maximum atomic E-state index is 13.5. The van der Waals surface area contributed by atoms with Crippen LogP contribution in [0.2, 0.25) is 0 Å². The van der Waals surface area contributed by atoms with E-state index < -0.39 is 5.37 Å². The van der Waals surface area contributed by atoms with Crippen molar-refractivity contribution >= 4 is 41.3 Å². The molecule has 0 aromatic rings. The second kappa shape index (κ2) is 12.1. The molecule has 32 heavy (non-hydrogen) atoms. The number of amides is 1. The number of thioether (sulfide) groups is 1. The average Bonchev–Trinajstić information content (AvgIpc) is 3.30. The van der Waals surface area contributed by atoms with Gasteiger partial charge >= 0.3 is 5.97 Å². The summed E-state index contributed by atoms with van der Waals surface area (Å²) in [5, 5.41) is 8.39. The molecule has 0 radical (unpaired) electrons. The zero-order valence-electron chi connectivity index (χ0n) is 19.3. The van der Waals surface area contributed by atoms with E-state index in [1.54, 1.807) is 0 Å². The lowest BCUT2D eigenvalue weighted by atomic mass is 9.90. The van der Waals surface area contributed by atoms with Crippen molar-refractivity contribution in [3.05, 3.63) is 0 Å². The number of hydroxylamine groups is 2. The third-order valence-electron chi connectivity index (χ3n) is 7.46. The number of hydrogen-bond donors (Lipinski definition) is 1. The highest BCUT2D eigenvalue weighted by Crippen LogP contribution is 2.38. The molecule has 1 atom stereocenters. The number of hydrazone groups is 1. The summed E-state index contributed by atoms with van der Waals surface area (Å²) in [5.41, 5.74) is 0. The molecule has 6 nitrogen and oxygen atoms in total. The lowest BCUT2D eigenvalue weighted by Gasteiger charge is -2.40. The van der Waals surface area contributed by atoms with E-state index in [9.17, 15) is 9.59 Å². The Morgan fingerprint density at radius 1 is 0.906 bits per heavy atom. The summed E-state index contributed by atoms with van der Waals surface area (Å²) in [5.74, 6) is 0.354. The van der Waals surface area contributed by atoms with Gasteiger partial charge in [-0.25, -0.2) is 9.80 Å². The topological polar surface area (TPSA) is 62.2 Å². The van der Waals surface area contributed by atoms with E-state index in [0.717, 1.165) is 43.6 Å². The Morgan fingerprint density at radius 3 is 1.97 bits per heavy atom. The summed E-state index contributed by atoms with van der Waals surface area (Å²) in [6, 6.07) is 0.616. The van der Waals surface area contributed by atoms with Crippen molar-refractivity contribution in [2.45, 2.75) is 120 Å². The van der Waals surface area contributed by atoms with Gasteiger partial charge in [0.2, 0.25) is 11.3 Å². The molecule has 1 amide bonds. The van der Waals surface area contributed by atoms with Gasteiger partial charge in [0.1, 0.15) is 0 Å². The van der Waals surface area contributed by atoms with E-state index in [0.29, 0.717) is 23.8 Å². The molecule has 3 saturated carbocycles. The van der Waals surface area contributed by atoms with Crippen molar-refractivity contribution in [1.29, 1.82) is 0 Å². The summed E-state index contributed by atoms with van der Waals surface area (Å²) in [7, 11) is 0. The minimum absolute atomic E-state index is 0.137. The molecular formula is C24H39N3O3S2. The van der Waals surface area contributed by atoms with E-state index in [4.69, 9.17) is 4.84 Å². The largest absolute Gasteiger partial charge is 0.365 e. The van der Waals surface area contributed by atoms with E-state index in [2.05, 4.69) is 22.8 Å². The van der Waals surface area contributed by atoms with Crippen LogP contribution in [-0.2, 0) is 14.4 Å². The molecule has 0 bridgehead atoms. The maximum Gasteiger partial charge on any atom is 0.360 e. The van der Waals surface area contributed by atoms with Crippen LogP contribution in [0.4, 0.5) is 0 Å². The molecule has 1 heterocycles. The normalized spacial score (nSPS) is 26.4. The number of rotatable bonds is 7. The first-order chi connectivity index (χ1) is 15.7. The first-order valence-corrected chi connectivity index (χ1v) is 14.4. The van der Waals surface area contributed by atoms with Crippen molar-refractivity contribution in [2.75, 3.05) is 5.75 Å². The smallest absolute Gasteiger partial charge is 0.360 e. The average molecular weight is 482 g/mol. The zero-order valence-corrected chi connectivity index (χ0v) is 21.0. The van der Waals surface area contributed by atoms with Gasteiger partial charge in [0, 0.05) is 24.4 Å². The Labute approximate surface area is 202 Å². The van der Waals surface area contributed by atoms with Crippen LogP contribution in [0.1, 0.15) is 103 Å². The SMILES string of the molecule is O=C(ON(C1CCCCC1)C1CCCCC1)C1SC(C2CCCCC2)=NN1C(=O)CCS. The van der Waals surface area contributed by atoms with Crippen LogP contribution in [0.25, 0.3) is 0 Å². The van der Waals surface area contributed by atoms with Crippen LogP contribution in [0, 0.1) is 5.92 Å². The number of nitrogens with zero attached hydrogens (tertiary/aromatic N) is 3. The lowest BCUT2D eigenvalue weighted by Crippen LogP contribution is -2.49. The van der Waals surface area contributed by atoms with Gasteiger partial charge in [0.05, 0.1) is 5.04 Å². The van der Waals surface area contributed by atoms with E-state index in [1.807, 2.05) is 0 Å². The fourth-order valence-corrected chi connectivity index (χ4v) is 7.07. The van der Waals surface area contributed by atoms with Crippen molar-refractivity contribution < 1.29 is 14.4 Å². The molecule has 3 fully saturated rings. The number of carbonyl (C=O) groups excluding carboxylic acids is 2. The molecule has 4 aliphatic rings. The highest BCUT2D eigenvalue weighted by atomic mass is 32.2. The fourth-order valence-electron chi connectivity index (χ4n) is 5.69. The summed E-state index contributed by atoms with van der Waals surface area (Å²) in [6.45, 7) is 0. The molecule has 0 aromatic carbocycles. The van der Waals surface area contributed by atoms with Crippen LogP contribution >= 0.6 is 24.4 Å². The summed E-state index contributed by atoms with van der Waals surface area (Å²) in [6.07, 6.45) is 17.8. The Hall–Kier alpha value is -0.730. The highest BCUT2D eigenvalue weighted by molar-refractivity contribution is 8.15. The van der Waals surface area contributed by atoms with E-state index in [-0.39, 0.29) is 18.3 Å². The lowest BCUT2D eigenvalue weighted by molar-refractivity contribution is -0.225. The van der Waals surface area contributed by atoms with E-state index >= 15 is 0 Å². The number of carbonyl (C=O) groups is 2. The molecular weight excluding hydrogens is 442 g/mol. The van der Waals surface area contributed by atoms with Crippen LogP contribution in [-0.4, -0.2) is 50.2 Å². The molecule has 1 unspecified atom stereocenters. The fraction of sp³-hybridized carbons (Fsp3) is 0.875. The minimum atomic E-state index is -0.700. The van der Waals surface area contributed by atoms with Crippen LogP contribution in [0.15, 0.2) is 5.10 Å². The zero-order chi connectivity index (χ0) is 22.3. The molecule has 0 spiro atoms. The summed E-state index contributed by atoms with van der Waals surface area (Å²) >= 11 is 5.68. The van der Waals surface area contributed by atoms with Gasteiger partial charge in [-0.15, -0.1) is 5.06 Å². The molecule has 1 aliphatic heterocycles. The van der Waals surface area contributed by atoms with Crippen molar-refractivity contribution in [3.63, 3.8) is 0 Å². The van der Waals surface area contributed by atoms with Crippen molar-refractivity contribution in [2.24, 2.45) is 11.0 Å². The predicted octanol–water partition coefficient (Wildman–Crippen LogP) is 5.53. The second-order valence-electron chi connectivity index (χ2n) is 9.81. The third kappa shape index (κ3) is 6.03. The molecule has 0 aromatic heterocycles.